The number of hydrogen-bond donors (Lipinski definition) is 1. The van der Waals surface area contributed by atoms with Crippen molar-refractivity contribution in [3.05, 3.63) is 35.1 Å². The number of benzene rings is 1. The van der Waals surface area contributed by atoms with E-state index in [1.54, 1.807) is 6.07 Å². The third kappa shape index (κ3) is 5.73. The molecule has 2 N–H and O–H groups in total. The highest BCUT2D eigenvalue weighted by Crippen LogP contribution is 2.58. The summed E-state index contributed by atoms with van der Waals surface area (Å²) in [5.74, 6) is 0.550. The average Bonchev–Trinajstić information content (AvgIpc) is 3.04. The zero-order valence-corrected chi connectivity index (χ0v) is 13.4. The van der Waals surface area contributed by atoms with Gasteiger partial charge in [0, 0.05) is 0 Å². The number of nitrogens with two attached hydrogens (primary N) is 1. The van der Waals surface area contributed by atoms with Gasteiger partial charge in [-0.25, -0.2) is 4.39 Å². The first-order valence-electron chi connectivity index (χ1n) is 7.38. The minimum Gasteiger partial charge on any atom is -0.330 e. The monoisotopic (exact) mass is 267 g/mol. The SMILES string of the molecule is CC.CCCN.Cc1cc([C@@H]2CC2(C)C)ccc1F. The van der Waals surface area contributed by atoms with Crippen LogP contribution in [0.2, 0.25) is 0 Å². The molecule has 1 nitrogen and oxygen atoms in total. The molecule has 1 atom stereocenters. The normalized spacial score (nSPS) is 18.6. The topological polar surface area (TPSA) is 26.0 Å². The van der Waals surface area contributed by atoms with E-state index in [1.165, 1.54) is 12.0 Å². The van der Waals surface area contributed by atoms with Crippen LogP contribution in [0, 0.1) is 18.2 Å². The highest BCUT2D eigenvalue weighted by molar-refractivity contribution is 5.32. The zero-order valence-electron chi connectivity index (χ0n) is 13.4. The predicted molar refractivity (Wildman–Crippen MR) is 83.0 cm³/mol. The minimum absolute atomic E-state index is 0.0952. The first-order chi connectivity index (χ1) is 8.92. The molecule has 0 amide bonds. The van der Waals surface area contributed by atoms with Gasteiger partial charge in [-0.15, -0.1) is 0 Å². The third-order valence-corrected chi connectivity index (χ3v) is 3.39. The van der Waals surface area contributed by atoms with E-state index in [0.717, 1.165) is 18.5 Å². The predicted octanol–water partition coefficient (Wildman–Crippen LogP) is 5.03. The van der Waals surface area contributed by atoms with Crippen molar-refractivity contribution in [3.8, 4) is 0 Å². The van der Waals surface area contributed by atoms with Crippen LogP contribution in [-0.2, 0) is 0 Å². The Morgan fingerprint density at radius 3 is 2.11 bits per heavy atom. The van der Waals surface area contributed by atoms with Gasteiger partial charge in [0.05, 0.1) is 0 Å². The van der Waals surface area contributed by atoms with Crippen LogP contribution in [0.3, 0.4) is 0 Å². The lowest BCUT2D eigenvalue weighted by molar-refractivity contribution is 0.609. The van der Waals surface area contributed by atoms with Crippen LogP contribution in [0.1, 0.15) is 64.5 Å². The minimum atomic E-state index is -0.0952. The van der Waals surface area contributed by atoms with E-state index in [-0.39, 0.29) is 5.82 Å². The Kier molecular flexibility index (Phi) is 7.93. The van der Waals surface area contributed by atoms with Gasteiger partial charge in [-0.1, -0.05) is 46.8 Å². The molecule has 0 heterocycles. The van der Waals surface area contributed by atoms with Gasteiger partial charge in [0.25, 0.3) is 0 Å². The number of rotatable bonds is 2. The molecule has 1 fully saturated rings. The molecule has 1 aromatic rings. The van der Waals surface area contributed by atoms with Gasteiger partial charge < -0.3 is 5.73 Å². The van der Waals surface area contributed by atoms with Crippen LogP contribution in [0.15, 0.2) is 18.2 Å². The highest BCUT2D eigenvalue weighted by atomic mass is 19.1. The van der Waals surface area contributed by atoms with E-state index >= 15 is 0 Å². The van der Waals surface area contributed by atoms with Crippen molar-refractivity contribution < 1.29 is 4.39 Å². The molecule has 1 aliphatic rings. The number of hydrogen-bond acceptors (Lipinski definition) is 1. The van der Waals surface area contributed by atoms with Crippen LogP contribution >= 0.6 is 0 Å². The Morgan fingerprint density at radius 2 is 1.79 bits per heavy atom. The van der Waals surface area contributed by atoms with Crippen molar-refractivity contribution in [2.45, 2.75) is 60.3 Å². The largest absolute Gasteiger partial charge is 0.330 e. The molecule has 19 heavy (non-hydrogen) atoms. The van der Waals surface area contributed by atoms with Crippen molar-refractivity contribution >= 4 is 0 Å². The fourth-order valence-electron chi connectivity index (χ4n) is 1.92. The first kappa shape index (κ1) is 18.1. The summed E-state index contributed by atoms with van der Waals surface area (Å²) in [5, 5.41) is 0. The summed E-state index contributed by atoms with van der Waals surface area (Å²) >= 11 is 0. The van der Waals surface area contributed by atoms with Crippen LogP contribution in [-0.4, -0.2) is 6.54 Å². The molecule has 0 unspecified atom stereocenters. The molecule has 0 radical (unpaired) electrons. The Labute approximate surface area is 118 Å². The number of halogens is 1. The van der Waals surface area contributed by atoms with Crippen LogP contribution in [0.4, 0.5) is 4.39 Å². The smallest absolute Gasteiger partial charge is 0.126 e. The Morgan fingerprint density at radius 1 is 1.32 bits per heavy atom. The molecule has 0 spiro atoms. The van der Waals surface area contributed by atoms with Crippen molar-refractivity contribution in [2.24, 2.45) is 11.1 Å². The van der Waals surface area contributed by atoms with Gasteiger partial charge in [-0.05, 0) is 54.8 Å². The molecular weight excluding hydrogens is 237 g/mol. The van der Waals surface area contributed by atoms with E-state index in [2.05, 4.69) is 20.8 Å². The van der Waals surface area contributed by atoms with Gasteiger partial charge in [0.1, 0.15) is 5.82 Å². The molecule has 0 aliphatic heterocycles. The molecule has 0 saturated heterocycles. The lowest BCUT2D eigenvalue weighted by Gasteiger charge is -2.05. The number of aryl methyl sites for hydroxylation is 1. The maximum atomic E-state index is 13.0. The van der Waals surface area contributed by atoms with Crippen LogP contribution < -0.4 is 5.73 Å². The van der Waals surface area contributed by atoms with Crippen molar-refractivity contribution in [1.82, 2.24) is 0 Å². The van der Waals surface area contributed by atoms with Gasteiger partial charge >= 0.3 is 0 Å². The zero-order chi connectivity index (χ0) is 15.1. The third-order valence-electron chi connectivity index (χ3n) is 3.39. The second kappa shape index (κ2) is 8.31. The molecule has 1 aromatic carbocycles. The second-order valence-corrected chi connectivity index (χ2v) is 5.54. The van der Waals surface area contributed by atoms with Crippen LogP contribution in [0.25, 0.3) is 0 Å². The average molecular weight is 267 g/mol. The van der Waals surface area contributed by atoms with Gasteiger partial charge in [-0.2, -0.15) is 0 Å². The van der Waals surface area contributed by atoms with Crippen molar-refractivity contribution in [2.75, 3.05) is 6.54 Å². The van der Waals surface area contributed by atoms with Crippen LogP contribution in [0.5, 0.6) is 0 Å². The highest BCUT2D eigenvalue weighted by Gasteiger charge is 2.46. The van der Waals surface area contributed by atoms with E-state index in [9.17, 15) is 4.39 Å². The van der Waals surface area contributed by atoms with Gasteiger partial charge in [0.15, 0.2) is 0 Å². The molecule has 1 aliphatic carbocycles. The summed E-state index contributed by atoms with van der Waals surface area (Å²) in [6.45, 7) is 13.2. The maximum absolute atomic E-state index is 13.0. The van der Waals surface area contributed by atoms with E-state index in [0.29, 0.717) is 11.3 Å². The fourth-order valence-corrected chi connectivity index (χ4v) is 1.92. The summed E-state index contributed by atoms with van der Waals surface area (Å²) < 4.78 is 13.0. The Bertz CT molecular complexity index is 370. The van der Waals surface area contributed by atoms with E-state index in [1.807, 2.05) is 32.9 Å². The molecule has 0 bridgehead atoms. The van der Waals surface area contributed by atoms with Crippen molar-refractivity contribution in [3.63, 3.8) is 0 Å². The lowest BCUT2D eigenvalue weighted by atomic mass is 10.0. The summed E-state index contributed by atoms with van der Waals surface area (Å²) in [6.07, 6.45) is 2.33. The molecule has 2 rings (SSSR count). The molecule has 2 heteroatoms. The fraction of sp³-hybridized carbons (Fsp3) is 0.647. The molecule has 0 aromatic heterocycles. The Hall–Kier alpha value is -0.890. The van der Waals surface area contributed by atoms with E-state index < -0.39 is 0 Å². The molecular formula is C17H30FN. The van der Waals surface area contributed by atoms with Gasteiger partial charge in [0.2, 0.25) is 0 Å². The second-order valence-electron chi connectivity index (χ2n) is 5.54. The molecule has 110 valence electrons. The molecule has 1 saturated carbocycles. The van der Waals surface area contributed by atoms with Crippen molar-refractivity contribution in [1.29, 1.82) is 0 Å². The summed E-state index contributed by atoms with van der Waals surface area (Å²) in [5.41, 5.74) is 7.52. The lowest BCUT2D eigenvalue weighted by Crippen LogP contribution is -1.93. The quantitative estimate of drug-likeness (QED) is 0.799. The summed E-state index contributed by atoms with van der Waals surface area (Å²) in [4.78, 5) is 0. The maximum Gasteiger partial charge on any atom is 0.126 e. The van der Waals surface area contributed by atoms with Gasteiger partial charge in [-0.3, -0.25) is 0 Å². The first-order valence-corrected chi connectivity index (χ1v) is 7.38. The van der Waals surface area contributed by atoms with E-state index in [4.69, 9.17) is 5.73 Å². The Balaban J connectivity index is 0.000000467. The summed E-state index contributed by atoms with van der Waals surface area (Å²) in [7, 11) is 0. The summed E-state index contributed by atoms with van der Waals surface area (Å²) in [6, 6.07) is 5.48. The standard InChI is InChI=1S/C12H15F.C3H9N.C2H6/c1-8-6-9(4-5-11(8)13)10-7-12(10,2)3;1-2-3-4;1-2/h4-6,10H,7H2,1-3H3;2-4H2,1H3;1-2H3/t10-;;/m0../s1.